The summed E-state index contributed by atoms with van der Waals surface area (Å²) < 4.78 is 10.9. The van der Waals surface area contributed by atoms with Crippen molar-refractivity contribution in [2.24, 2.45) is 0 Å². The van der Waals surface area contributed by atoms with Crippen molar-refractivity contribution in [3.63, 3.8) is 0 Å². The molecule has 98 valence electrons. The molecule has 0 bridgehead atoms. The average molecular weight is 250 g/mol. The molecule has 0 aromatic carbocycles. The molecule has 1 aromatic heterocycles. The number of hydrogen-bond donors (Lipinski definition) is 0. The van der Waals surface area contributed by atoms with Crippen LogP contribution >= 0.6 is 0 Å². The van der Waals surface area contributed by atoms with Crippen LogP contribution in [-0.2, 0) is 9.47 Å². The van der Waals surface area contributed by atoms with Crippen molar-refractivity contribution in [1.29, 1.82) is 0 Å². The van der Waals surface area contributed by atoms with Crippen LogP contribution < -0.4 is 4.90 Å². The fourth-order valence-corrected chi connectivity index (χ4v) is 2.18. The van der Waals surface area contributed by atoms with Crippen LogP contribution in [0.4, 0.5) is 5.95 Å². The summed E-state index contributed by atoms with van der Waals surface area (Å²) >= 11 is 0. The van der Waals surface area contributed by atoms with Crippen LogP contribution in [0.15, 0.2) is 12.3 Å². The third kappa shape index (κ3) is 2.45. The monoisotopic (exact) mass is 250 g/mol. The summed E-state index contributed by atoms with van der Waals surface area (Å²) in [7, 11) is 2.13. The summed E-state index contributed by atoms with van der Waals surface area (Å²) in [4.78, 5) is 13.4. The zero-order valence-corrected chi connectivity index (χ0v) is 10.6. The first kappa shape index (κ1) is 11.8. The van der Waals surface area contributed by atoms with Gasteiger partial charge < -0.3 is 19.3 Å². The summed E-state index contributed by atoms with van der Waals surface area (Å²) in [6, 6.07) is 1.86. The number of aromatic nitrogens is 2. The van der Waals surface area contributed by atoms with Gasteiger partial charge in [-0.1, -0.05) is 0 Å². The minimum atomic E-state index is -0.320. The van der Waals surface area contributed by atoms with Crippen molar-refractivity contribution in [2.45, 2.75) is 6.29 Å². The molecule has 2 aliphatic heterocycles. The lowest BCUT2D eigenvalue weighted by molar-refractivity contribution is -0.0473. The van der Waals surface area contributed by atoms with Crippen molar-refractivity contribution in [1.82, 2.24) is 14.9 Å². The highest BCUT2D eigenvalue weighted by Gasteiger charge is 2.22. The average Bonchev–Trinajstić information content (AvgIpc) is 2.94. The summed E-state index contributed by atoms with van der Waals surface area (Å²) in [5.41, 5.74) is 0.816. The molecular formula is C12H18N4O2. The number of likely N-dealkylation sites (N-methyl/N-ethyl adjacent to an activating group) is 1. The van der Waals surface area contributed by atoms with Gasteiger partial charge in [-0.3, -0.25) is 0 Å². The number of anilines is 1. The molecule has 6 nitrogen and oxygen atoms in total. The topological polar surface area (TPSA) is 50.7 Å². The first-order valence-corrected chi connectivity index (χ1v) is 6.32. The molecule has 0 spiro atoms. The van der Waals surface area contributed by atoms with Crippen LogP contribution in [0.2, 0.25) is 0 Å². The van der Waals surface area contributed by atoms with E-state index in [0.29, 0.717) is 13.2 Å². The molecule has 2 aliphatic rings. The van der Waals surface area contributed by atoms with E-state index < -0.39 is 0 Å². The van der Waals surface area contributed by atoms with Crippen molar-refractivity contribution in [2.75, 3.05) is 51.3 Å². The van der Waals surface area contributed by atoms with E-state index >= 15 is 0 Å². The van der Waals surface area contributed by atoms with Crippen LogP contribution in [0, 0.1) is 0 Å². The Morgan fingerprint density at radius 1 is 1.17 bits per heavy atom. The standard InChI is InChI=1S/C12H18N4O2/c1-15-4-6-16(7-5-15)12-13-3-2-10(14-12)11-17-8-9-18-11/h2-3,11H,4-9H2,1H3. The maximum Gasteiger partial charge on any atom is 0.225 e. The number of nitrogens with zero attached hydrogens (tertiary/aromatic N) is 4. The van der Waals surface area contributed by atoms with Gasteiger partial charge in [-0.15, -0.1) is 0 Å². The number of ether oxygens (including phenoxy) is 2. The summed E-state index contributed by atoms with van der Waals surface area (Å²) in [5, 5.41) is 0. The molecule has 0 saturated carbocycles. The van der Waals surface area contributed by atoms with E-state index in [2.05, 4.69) is 26.8 Å². The first-order chi connectivity index (χ1) is 8.83. The molecule has 6 heteroatoms. The Kier molecular flexibility index (Phi) is 3.40. The van der Waals surface area contributed by atoms with E-state index in [0.717, 1.165) is 37.8 Å². The second kappa shape index (κ2) is 5.17. The van der Waals surface area contributed by atoms with Gasteiger partial charge in [0.1, 0.15) is 5.69 Å². The van der Waals surface area contributed by atoms with Gasteiger partial charge in [0.15, 0.2) is 0 Å². The van der Waals surface area contributed by atoms with E-state index in [1.807, 2.05) is 6.07 Å². The summed E-state index contributed by atoms with van der Waals surface area (Å²) in [6.45, 7) is 5.30. The molecule has 0 N–H and O–H groups in total. The smallest absolute Gasteiger partial charge is 0.225 e. The Hall–Kier alpha value is -1.24. The Bertz CT molecular complexity index is 401. The highest BCUT2D eigenvalue weighted by atomic mass is 16.7. The third-order valence-corrected chi connectivity index (χ3v) is 3.31. The van der Waals surface area contributed by atoms with Crippen LogP contribution in [-0.4, -0.2) is 61.3 Å². The first-order valence-electron chi connectivity index (χ1n) is 6.32. The van der Waals surface area contributed by atoms with Gasteiger partial charge in [-0.25, -0.2) is 9.97 Å². The Morgan fingerprint density at radius 2 is 1.89 bits per heavy atom. The number of rotatable bonds is 2. The molecule has 0 atom stereocenters. The predicted octanol–water partition coefficient (Wildman–Crippen LogP) is 0.274. The molecule has 1 aromatic rings. The van der Waals surface area contributed by atoms with Gasteiger partial charge >= 0.3 is 0 Å². The van der Waals surface area contributed by atoms with Gasteiger partial charge in [0.05, 0.1) is 13.2 Å². The molecule has 18 heavy (non-hydrogen) atoms. The molecule has 3 rings (SSSR count). The summed E-state index contributed by atoms with van der Waals surface area (Å²) in [5.74, 6) is 0.778. The van der Waals surface area contributed by atoms with Crippen LogP contribution in [0.25, 0.3) is 0 Å². The largest absolute Gasteiger partial charge is 0.345 e. The number of hydrogen-bond acceptors (Lipinski definition) is 6. The maximum absolute atomic E-state index is 5.46. The fourth-order valence-electron chi connectivity index (χ4n) is 2.18. The minimum absolute atomic E-state index is 0.320. The lowest BCUT2D eigenvalue weighted by Crippen LogP contribution is -2.45. The maximum atomic E-state index is 5.46. The van der Waals surface area contributed by atoms with Crippen LogP contribution in [0.3, 0.4) is 0 Å². The van der Waals surface area contributed by atoms with Gasteiger partial charge in [0, 0.05) is 32.4 Å². The molecule has 0 unspecified atom stereocenters. The molecular weight excluding hydrogens is 232 g/mol. The van der Waals surface area contributed by atoms with E-state index in [1.54, 1.807) is 6.20 Å². The van der Waals surface area contributed by atoms with E-state index in [9.17, 15) is 0 Å². The highest BCUT2D eigenvalue weighted by molar-refractivity contribution is 5.31. The molecule has 0 radical (unpaired) electrons. The van der Waals surface area contributed by atoms with Crippen LogP contribution in [0.1, 0.15) is 12.0 Å². The molecule has 3 heterocycles. The van der Waals surface area contributed by atoms with Crippen molar-refractivity contribution < 1.29 is 9.47 Å². The molecule has 2 fully saturated rings. The second-order valence-electron chi connectivity index (χ2n) is 4.65. The lowest BCUT2D eigenvalue weighted by Gasteiger charge is -2.32. The van der Waals surface area contributed by atoms with Gasteiger partial charge in [-0.05, 0) is 13.1 Å². The molecule has 0 amide bonds. The SMILES string of the molecule is CN1CCN(c2nccc(C3OCCO3)n2)CC1. The quantitative estimate of drug-likeness (QED) is 0.751. The summed E-state index contributed by atoms with van der Waals surface area (Å²) in [6.07, 6.45) is 1.46. The zero-order valence-electron chi connectivity index (χ0n) is 10.6. The third-order valence-electron chi connectivity index (χ3n) is 3.31. The number of piperazine rings is 1. The normalized spacial score (nSPS) is 22.6. The van der Waals surface area contributed by atoms with Gasteiger partial charge in [-0.2, -0.15) is 0 Å². The highest BCUT2D eigenvalue weighted by Crippen LogP contribution is 2.22. The van der Waals surface area contributed by atoms with Crippen molar-refractivity contribution >= 4 is 5.95 Å². The van der Waals surface area contributed by atoms with E-state index in [-0.39, 0.29) is 6.29 Å². The Balaban J connectivity index is 1.74. The fraction of sp³-hybridized carbons (Fsp3) is 0.667. The minimum Gasteiger partial charge on any atom is -0.345 e. The van der Waals surface area contributed by atoms with Gasteiger partial charge in [0.2, 0.25) is 12.2 Å². The van der Waals surface area contributed by atoms with E-state index in [4.69, 9.17) is 9.47 Å². The van der Waals surface area contributed by atoms with E-state index in [1.165, 1.54) is 0 Å². The molecule has 2 saturated heterocycles. The Labute approximate surface area is 107 Å². The zero-order chi connectivity index (χ0) is 12.4. The lowest BCUT2D eigenvalue weighted by atomic mass is 10.3. The Morgan fingerprint density at radius 3 is 2.61 bits per heavy atom. The second-order valence-corrected chi connectivity index (χ2v) is 4.65. The van der Waals surface area contributed by atoms with Gasteiger partial charge in [0.25, 0.3) is 0 Å². The van der Waals surface area contributed by atoms with Crippen molar-refractivity contribution in [3.05, 3.63) is 18.0 Å². The predicted molar refractivity (Wildman–Crippen MR) is 66.4 cm³/mol. The molecule has 0 aliphatic carbocycles. The van der Waals surface area contributed by atoms with Crippen LogP contribution in [0.5, 0.6) is 0 Å². The van der Waals surface area contributed by atoms with Crippen molar-refractivity contribution in [3.8, 4) is 0 Å².